The first-order valence-electron chi connectivity index (χ1n) is 9.08. The minimum absolute atomic E-state index is 0.190. The van der Waals surface area contributed by atoms with Crippen LogP contribution in [0.25, 0.3) is 0 Å². The van der Waals surface area contributed by atoms with E-state index in [9.17, 15) is 4.55 Å². The molecule has 1 aliphatic rings. The first kappa shape index (κ1) is 19.2. The van der Waals surface area contributed by atoms with Gasteiger partial charge in [-0.25, -0.2) is 0 Å². The molecule has 1 fully saturated rings. The van der Waals surface area contributed by atoms with E-state index in [1.807, 2.05) is 39.0 Å². The van der Waals surface area contributed by atoms with E-state index in [4.69, 9.17) is 4.74 Å². The molecule has 0 radical (unpaired) electrons. The van der Waals surface area contributed by atoms with E-state index in [1.165, 1.54) is 5.56 Å². The fourth-order valence-electron chi connectivity index (χ4n) is 3.13. The Morgan fingerprint density at radius 2 is 2.08 bits per heavy atom. The number of nitrogens with zero attached hydrogens (tertiary/aromatic N) is 2. The van der Waals surface area contributed by atoms with Gasteiger partial charge in [0.25, 0.3) is 0 Å². The van der Waals surface area contributed by atoms with Crippen molar-refractivity contribution in [2.24, 2.45) is 0 Å². The molecule has 0 amide bonds. The molecule has 2 aromatic rings. The number of rotatable bonds is 7. The molecule has 0 spiro atoms. The predicted octanol–water partition coefficient (Wildman–Crippen LogP) is 3.06. The van der Waals surface area contributed by atoms with Crippen LogP contribution in [0.2, 0.25) is 0 Å². The number of benzene rings is 1. The van der Waals surface area contributed by atoms with Gasteiger partial charge in [0.15, 0.2) is 4.90 Å². The number of aromatic nitrogens is 1. The second kappa shape index (κ2) is 8.86. The van der Waals surface area contributed by atoms with Gasteiger partial charge in [-0.1, -0.05) is 12.1 Å². The third-order valence-electron chi connectivity index (χ3n) is 4.44. The Bertz CT molecular complexity index is 708. The van der Waals surface area contributed by atoms with Crippen molar-refractivity contribution >= 4 is 11.4 Å². The van der Waals surface area contributed by atoms with Gasteiger partial charge in [0.1, 0.15) is 5.75 Å². The van der Waals surface area contributed by atoms with Crippen molar-refractivity contribution in [3.05, 3.63) is 53.9 Å². The summed E-state index contributed by atoms with van der Waals surface area (Å²) in [6.07, 6.45) is 4.60. The van der Waals surface area contributed by atoms with Crippen LogP contribution in [-0.4, -0.2) is 39.7 Å². The summed E-state index contributed by atoms with van der Waals surface area (Å²) < 4.78 is 21.5. The van der Waals surface area contributed by atoms with Gasteiger partial charge in [-0.2, -0.15) is 0 Å². The Balaban J connectivity index is 1.50. The summed E-state index contributed by atoms with van der Waals surface area (Å²) in [5.74, 6) is 0.909. The van der Waals surface area contributed by atoms with E-state index >= 15 is 0 Å². The van der Waals surface area contributed by atoms with Crippen molar-refractivity contribution in [3.63, 3.8) is 0 Å². The fourth-order valence-corrected chi connectivity index (χ4v) is 4.27. The zero-order valence-corrected chi connectivity index (χ0v) is 16.5. The van der Waals surface area contributed by atoms with Crippen LogP contribution in [0.15, 0.2) is 47.6 Å². The molecule has 1 unspecified atom stereocenters. The van der Waals surface area contributed by atoms with Crippen molar-refractivity contribution in [2.45, 2.75) is 50.8 Å². The molecule has 2 atom stereocenters. The molecule has 140 valence electrons. The van der Waals surface area contributed by atoms with Crippen LogP contribution in [0.1, 0.15) is 31.4 Å². The molecule has 26 heavy (non-hydrogen) atoms. The van der Waals surface area contributed by atoms with Gasteiger partial charge in [-0.15, -0.1) is 4.72 Å². The summed E-state index contributed by atoms with van der Waals surface area (Å²) >= 11 is -1.21. The van der Waals surface area contributed by atoms with Crippen LogP contribution >= 0.6 is 0 Å². The van der Waals surface area contributed by atoms with Crippen LogP contribution in [0.5, 0.6) is 5.75 Å². The van der Waals surface area contributed by atoms with E-state index in [0.717, 1.165) is 42.3 Å². The number of pyridine rings is 1. The molecule has 1 aromatic heterocycles. The third-order valence-corrected chi connectivity index (χ3v) is 5.81. The van der Waals surface area contributed by atoms with E-state index < -0.39 is 11.4 Å². The van der Waals surface area contributed by atoms with E-state index in [0.29, 0.717) is 0 Å². The van der Waals surface area contributed by atoms with Crippen LogP contribution in [0.3, 0.4) is 0 Å². The second-order valence-electron chi connectivity index (χ2n) is 7.06. The number of aryl methyl sites for hydroxylation is 1. The molecule has 1 aliphatic heterocycles. The van der Waals surface area contributed by atoms with E-state index in [2.05, 4.69) is 26.7 Å². The van der Waals surface area contributed by atoms with Crippen molar-refractivity contribution < 1.29 is 9.29 Å². The highest BCUT2D eigenvalue weighted by Crippen LogP contribution is 2.19. The summed E-state index contributed by atoms with van der Waals surface area (Å²) in [5.41, 5.74) is 2.27. The Labute approximate surface area is 159 Å². The Morgan fingerprint density at radius 3 is 2.77 bits per heavy atom. The molecule has 0 aliphatic carbocycles. The highest BCUT2D eigenvalue weighted by atomic mass is 32.2. The SMILES string of the molecule is Cc1ccncc1[S+]([O-])N[C@@H]1CCN(Cc2ccc(OC(C)C)cc2)C1. The lowest BCUT2D eigenvalue weighted by atomic mass is 10.2. The van der Waals surface area contributed by atoms with Gasteiger partial charge < -0.3 is 9.29 Å². The molecule has 3 rings (SSSR count). The lowest BCUT2D eigenvalue weighted by molar-refractivity contribution is 0.242. The van der Waals surface area contributed by atoms with E-state index in [-0.39, 0.29) is 12.1 Å². The molecule has 2 heterocycles. The van der Waals surface area contributed by atoms with Crippen LogP contribution in [0.4, 0.5) is 0 Å². The number of likely N-dealkylation sites (tertiary alicyclic amines) is 1. The number of hydrogen-bond acceptors (Lipinski definition) is 5. The van der Waals surface area contributed by atoms with Crippen molar-refractivity contribution in [2.75, 3.05) is 13.1 Å². The smallest absolute Gasteiger partial charge is 0.194 e. The molecule has 1 N–H and O–H groups in total. The topological polar surface area (TPSA) is 60.5 Å². The first-order valence-corrected chi connectivity index (χ1v) is 10.2. The highest BCUT2D eigenvalue weighted by molar-refractivity contribution is 7.89. The first-order chi connectivity index (χ1) is 12.5. The van der Waals surface area contributed by atoms with Crippen LogP contribution in [-0.2, 0) is 17.9 Å². The minimum Gasteiger partial charge on any atom is -0.593 e. The molecular formula is C20H27N3O2S. The van der Waals surface area contributed by atoms with Crippen molar-refractivity contribution in [1.82, 2.24) is 14.6 Å². The van der Waals surface area contributed by atoms with Gasteiger partial charge in [-0.3, -0.25) is 9.88 Å². The van der Waals surface area contributed by atoms with Gasteiger partial charge in [-0.05, 0) is 51.0 Å². The summed E-state index contributed by atoms with van der Waals surface area (Å²) in [6, 6.07) is 10.4. The Kier molecular flexibility index (Phi) is 6.53. The summed E-state index contributed by atoms with van der Waals surface area (Å²) in [4.78, 5) is 7.25. The minimum atomic E-state index is -1.21. The molecule has 6 heteroatoms. The van der Waals surface area contributed by atoms with Gasteiger partial charge in [0, 0.05) is 31.4 Å². The second-order valence-corrected chi connectivity index (χ2v) is 8.27. The lowest BCUT2D eigenvalue weighted by Gasteiger charge is -2.18. The Morgan fingerprint density at radius 1 is 1.31 bits per heavy atom. The average molecular weight is 374 g/mol. The monoisotopic (exact) mass is 373 g/mol. The number of nitrogens with one attached hydrogen (secondary N) is 1. The maximum atomic E-state index is 12.5. The average Bonchev–Trinajstić information content (AvgIpc) is 3.03. The maximum absolute atomic E-state index is 12.5. The molecule has 0 saturated carbocycles. The number of hydrogen-bond donors (Lipinski definition) is 1. The summed E-state index contributed by atoms with van der Waals surface area (Å²) in [6.45, 7) is 8.83. The summed E-state index contributed by atoms with van der Waals surface area (Å²) in [7, 11) is 0. The maximum Gasteiger partial charge on any atom is 0.194 e. The fraction of sp³-hybridized carbons (Fsp3) is 0.450. The summed E-state index contributed by atoms with van der Waals surface area (Å²) in [5, 5.41) is 0. The highest BCUT2D eigenvalue weighted by Gasteiger charge is 2.27. The predicted molar refractivity (Wildman–Crippen MR) is 104 cm³/mol. The van der Waals surface area contributed by atoms with Gasteiger partial charge >= 0.3 is 0 Å². The standard InChI is InChI=1S/C20H27N3O2S/c1-15(2)25-19-6-4-17(5-7-19)13-23-11-9-18(14-23)22-26(24)20-12-21-10-8-16(20)3/h4-8,10,12,15,18,22H,9,11,13-14H2,1-3H3/t18-,26?/m1/s1. The van der Waals surface area contributed by atoms with Gasteiger partial charge in [0.2, 0.25) is 0 Å². The normalized spacial score (nSPS) is 19.0. The van der Waals surface area contributed by atoms with Gasteiger partial charge in [0.05, 0.1) is 29.7 Å². The molecule has 5 nitrogen and oxygen atoms in total. The quantitative estimate of drug-likeness (QED) is 0.756. The molecule has 1 saturated heterocycles. The molecule has 1 aromatic carbocycles. The van der Waals surface area contributed by atoms with Crippen LogP contribution < -0.4 is 9.46 Å². The zero-order chi connectivity index (χ0) is 18.5. The number of ether oxygens (including phenoxy) is 1. The largest absolute Gasteiger partial charge is 0.593 e. The Hall–Kier alpha value is -1.60. The van der Waals surface area contributed by atoms with Crippen LogP contribution in [0, 0.1) is 6.92 Å². The third kappa shape index (κ3) is 5.20. The van der Waals surface area contributed by atoms with Crippen molar-refractivity contribution in [3.8, 4) is 5.75 Å². The molecular weight excluding hydrogens is 346 g/mol. The molecule has 0 bridgehead atoms. The lowest BCUT2D eigenvalue weighted by Crippen LogP contribution is -2.37. The van der Waals surface area contributed by atoms with E-state index in [1.54, 1.807) is 12.4 Å². The zero-order valence-electron chi connectivity index (χ0n) is 15.6. The van der Waals surface area contributed by atoms with Crippen molar-refractivity contribution in [1.29, 1.82) is 0 Å².